The molecule has 0 heterocycles. The number of carbonyl (C=O) groups excluding carboxylic acids is 1. The van der Waals surface area contributed by atoms with Crippen molar-refractivity contribution in [3.05, 3.63) is 41.0 Å². The summed E-state index contributed by atoms with van der Waals surface area (Å²) >= 11 is 0. The summed E-state index contributed by atoms with van der Waals surface area (Å²) < 4.78 is 4.99. The molecular formula is C14H17N3O6. The lowest BCUT2D eigenvalue weighted by molar-refractivity contribution is -0.384. The number of amides is 1. The zero-order chi connectivity index (χ0) is 17.4. The monoisotopic (exact) mass is 323 g/mol. The standard InChI is InChI=1S/C14H17N3O6/c1-3-6-15-11(14(19)20)8-13(18)16-10-5-4-9(17(21)22)7-12(10)23-2/h3-5,7,11,15H,1,6,8H2,2H3,(H,16,18)(H,19,20). The number of methoxy groups -OCH3 is 1. The van der Waals surface area contributed by atoms with Crippen LogP contribution in [0.3, 0.4) is 0 Å². The second kappa shape index (κ2) is 8.49. The van der Waals surface area contributed by atoms with Gasteiger partial charge in [0.1, 0.15) is 11.8 Å². The minimum absolute atomic E-state index is 0.110. The predicted octanol–water partition coefficient (Wildman–Crippen LogP) is 1.16. The van der Waals surface area contributed by atoms with Crippen LogP contribution in [0.2, 0.25) is 0 Å². The highest BCUT2D eigenvalue weighted by Gasteiger charge is 2.21. The van der Waals surface area contributed by atoms with Crippen molar-refractivity contribution in [1.29, 1.82) is 0 Å². The molecular weight excluding hydrogens is 306 g/mol. The maximum Gasteiger partial charge on any atom is 0.321 e. The molecule has 0 bridgehead atoms. The molecule has 0 aromatic heterocycles. The van der Waals surface area contributed by atoms with E-state index in [2.05, 4.69) is 17.2 Å². The van der Waals surface area contributed by atoms with Crippen molar-refractivity contribution < 1.29 is 24.4 Å². The Labute approximate surface area is 132 Å². The Hall–Kier alpha value is -2.94. The van der Waals surface area contributed by atoms with Gasteiger partial charge in [-0.15, -0.1) is 6.58 Å². The number of aliphatic carboxylic acids is 1. The molecule has 1 rings (SSSR count). The molecule has 1 aromatic rings. The highest BCUT2D eigenvalue weighted by Crippen LogP contribution is 2.29. The van der Waals surface area contributed by atoms with Crippen molar-refractivity contribution in [2.75, 3.05) is 19.0 Å². The number of anilines is 1. The smallest absolute Gasteiger partial charge is 0.321 e. The van der Waals surface area contributed by atoms with Gasteiger partial charge in [0, 0.05) is 12.6 Å². The molecule has 0 aliphatic carbocycles. The number of rotatable bonds is 9. The number of ether oxygens (including phenoxy) is 1. The van der Waals surface area contributed by atoms with E-state index in [9.17, 15) is 19.7 Å². The molecule has 0 radical (unpaired) electrons. The van der Waals surface area contributed by atoms with Crippen LogP contribution in [0.5, 0.6) is 5.75 Å². The van der Waals surface area contributed by atoms with Crippen LogP contribution in [0.15, 0.2) is 30.9 Å². The van der Waals surface area contributed by atoms with E-state index in [1.807, 2.05) is 0 Å². The molecule has 1 atom stereocenters. The third kappa shape index (κ3) is 5.40. The number of hydrogen-bond donors (Lipinski definition) is 3. The van der Waals surface area contributed by atoms with Gasteiger partial charge >= 0.3 is 5.97 Å². The Morgan fingerprint density at radius 1 is 1.52 bits per heavy atom. The van der Waals surface area contributed by atoms with E-state index in [4.69, 9.17) is 9.84 Å². The minimum Gasteiger partial charge on any atom is -0.494 e. The first-order chi connectivity index (χ1) is 10.9. The molecule has 23 heavy (non-hydrogen) atoms. The van der Waals surface area contributed by atoms with Gasteiger partial charge in [-0.25, -0.2) is 0 Å². The third-order valence-electron chi connectivity index (χ3n) is 2.87. The molecule has 1 unspecified atom stereocenters. The second-order valence-corrected chi connectivity index (χ2v) is 4.48. The van der Waals surface area contributed by atoms with Gasteiger partial charge in [-0.1, -0.05) is 6.08 Å². The van der Waals surface area contributed by atoms with Gasteiger partial charge in [-0.05, 0) is 6.07 Å². The van der Waals surface area contributed by atoms with Gasteiger partial charge in [0.25, 0.3) is 5.69 Å². The highest BCUT2D eigenvalue weighted by molar-refractivity contribution is 5.95. The van der Waals surface area contributed by atoms with Gasteiger partial charge in [-0.3, -0.25) is 19.7 Å². The number of non-ortho nitro benzene ring substituents is 1. The minimum atomic E-state index is -1.17. The van der Waals surface area contributed by atoms with E-state index in [0.29, 0.717) is 0 Å². The Kier molecular flexibility index (Phi) is 6.68. The van der Waals surface area contributed by atoms with Crippen LogP contribution in [0, 0.1) is 10.1 Å². The molecule has 1 amide bonds. The van der Waals surface area contributed by atoms with Crippen LogP contribution in [0.25, 0.3) is 0 Å². The summed E-state index contributed by atoms with van der Waals surface area (Å²) in [5.41, 5.74) is 0.0341. The van der Waals surface area contributed by atoms with E-state index in [0.717, 1.165) is 0 Å². The topological polar surface area (TPSA) is 131 Å². The molecule has 0 saturated carbocycles. The van der Waals surface area contributed by atoms with Gasteiger partial charge < -0.3 is 20.5 Å². The van der Waals surface area contributed by atoms with Crippen LogP contribution in [-0.4, -0.2) is 41.6 Å². The lowest BCUT2D eigenvalue weighted by Crippen LogP contribution is -2.39. The van der Waals surface area contributed by atoms with Crippen LogP contribution in [0.1, 0.15) is 6.42 Å². The number of carbonyl (C=O) groups is 2. The maximum atomic E-state index is 11.9. The largest absolute Gasteiger partial charge is 0.494 e. The average Bonchev–Trinajstić information content (AvgIpc) is 2.51. The van der Waals surface area contributed by atoms with Crippen LogP contribution in [-0.2, 0) is 9.59 Å². The third-order valence-corrected chi connectivity index (χ3v) is 2.87. The number of hydrogen-bond acceptors (Lipinski definition) is 6. The summed E-state index contributed by atoms with van der Waals surface area (Å²) in [6.45, 7) is 3.70. The predicted molar refractivity (Wildman–Crippen MR) is 82.5 cm³/mol. The number of benzene rings is 1. The SMILES string of the molecule is C=CCNC(CC(=O)Nc1ccc([N+](=O)[O-])cc1OC)C(=O)O. The summed E-state index contributed by atoms with van der Waals surface area (Å²) in [5.74, 6) is -1.63. The fourth-order valence-electron chi connectivity index (χ4n) is 1.76. The average molecular weight is 323 g/mol. The number of nitro benzene ring substituents is 1. The molecule has 3 N–H and O–H groups in total. The molecule has 0 saturated heterocycles. The van der Waals surface area contributed by atoms with E-state index >= 15 is 0 Å². The van der Waals surface area contributed by atoms with Crippen molar-refractivity contribution in [1.82, 2.24) is 5.32 Å². The summed E-state index contributed by atoms with van der Waals surface area (Å²) in [5, 5.41) is 24.9. The fraction of sp³-hybridized carbons (Fsp3) is 0.286. The molecule has 1 aromatic carbocycles. The Morgan fingerprint density at radius 2 is 2.22 bits per heavy atom. The number of nitro groups is 1. The molecule has 0 spiro atoms. The van der Waals surface area contributed by atoms with Gasteiger partial charge in [-0.2, -0.15) is 0 Å². The van der Waals surface area contributed by atoms with Crippen LogP contribution in [0.4, 0.5) is 11.4 Å². The van der Waals surface area contributed by atoms with Crippen molar-refractivity contribution in [3.63, 3.8) is 0 Å². The summed E-state index contributed by atoms with van der Waals surface area (Å²) in [4.78, 5) is 33.1. The van der Waals surface area contributed by atoms with Crippen molar-refractivity contribution >= 4 is 23.3 Å². The molecule has 0 fully saturated rings. The lowest BCUT2D eigenvalue weighted by Gasteiger charge is -2.14. The number of nitrogens with one attached hydrogen (secondary N) is 2. The maximum absolute atomic E-state index is 11.9. The Bertz CT molecular complexity index is 617. The number of carboxylic acid groups (broad SMARTS) is 1. The molecule has 9 nitrogen and oxygen atoms in total. The van der Waals surface area contributed by atoms with Crippen LogP contribution >= 0.6 is 0 Å². The summed E-state index contributed by atoms with van der Waals surface area (Å²) in [6, 6.07) is 2.63. The van der Waals surface area contributed by atoms with Crippen molar-refractivity contribution in [2.45, 2.75) is 12.5 Å². The first-order valence-corrected chi connectivity index (χ1v) is 6.58. The van der Waals surface area contributed by atoms with E-state index in [1.54, 1.807) is 0 Å². The molecule has 0 aliphatic rings. The first kappa shape index (κ1) is 18.1. The highest BCUT2D eigenvalue weighted by atomic mass is 16.6. The second-order valence-electron chi connectivity index (χ2n) is 4.48. The normalized spacial score (nSPS) is 11.3. The molecule has 124 valence electrons. The van der Waals surface area contributed by atoms with Gasteiger partial charge in [0.05, 0.1) is 30.2 Å². The van der Waals surface area contributed by atoms with E-state index in [1.165, 1.54) is 31.4 Å². The van der Waals surface area contributed by atoms with Crippen LogP contribution < -0.4 is 15.4 Å². The molecule has 0 aliphatic heterocycles. The van der Waals surface area contributed by atoms with Crippen molar-refractivity contribution in [3.8, 4) is 5.75 Å². The quantitative estimate of drug-likeness (QED) is 0.353. The lowest BCUT2D eigenvalue weighted by atomic mass is 10.2. The number of carboxylic acids is 1. The summed E-state index contributed by atoms with van der Waals surface area (Å²) in [7, 11) is 1.31. The Balaban J connectivity index is 2.81. The van der Waals surface area contributed by atoms with Gasteiger partial charge in [0.15, 0.2) is 0 Å². The zero-order valence-electron chi connectivity index (χ0n) is 12.4. The molecule has 9 heteroatoms. The van der Waals surface area contributed by atoms with Gasteiger partial charge in [0.2, 0.25) is 5.91 Å². The summed E-state index contributed by atoms with van der Waals surface area (Å²) in [6.07, 6.45) is 1.16. The van der Waals surface area contributed by atoms with Crippen molar-refractivity contribution in [2.24, 2.45) is 0 Å². The van der Waals surface area contributed by atoms with E-state index < -0.39 is 22.8 Å². The Morgan fingerprint density at radius 3 is 2.74 bits per heavy atom. The van der Waals surface area contributed by atoms with E-state index in [-0.39, 0.29) is 30.1 Å². The number of nitrogens with zero attached hydrogens (tertiary/aromatic N) is 1. The fourth-order valence-corrected chi connectivity index (χ4v) is 1.76. The zero-order valence-corrected chi connectivity index (χ0v) is 12.4. The first-order valence-electron chi connectivity index (χ1n) is 6.58.